The third kappa shape index (κ3) is 2.87. The second-order valence-corrected chi connectivity index (χ2v) is 5.44. The van der Waals surface area contributed by atoms with Crippen molar-refractivity contribution in [1.82, 2.24) is 24.9 Å². The monoisotopic (exact) mass is 307 g/mol. The van der Waals surface area contributed by atoms with Gasteiger partial charge in [-0.2, -0.15) is 0 Å². The van der Waals surface area contributed by atoms with Gasteiger partial charge in [0.1, 0.15) is 6.54 Å². The number of rotatable bonds is 5. The molecule has 1 fully saturated rings. The number of aromatic nitrogens is 2. The molecule has 1 aliphatic heterocycles. The molecule has 2 aromatic heterocycles. The molecule has 1 saturated heterocycles. The van der Waals surface area contributed by atoms with Crippen molar-refractivity contribution in [1.29, 1.82) is 0 Å². The van der Waals surface area contributed by atoms with Crippen molar-refractivity contribution < 1.29 is 14.4 Å². The van der Waals surface area contributed by atoms with Gasteiger partial charge in [-0.1, -0.05) is 0 Å². The van der Waals surface area contributed by atoms with Gasteiger partial charge in [-0.25, -0.2) is 9.78 Å². The van der Waals surface area contributed by atoms with Crippen molar-refractivity contribution in [3.63, 3.8) is 0 Å². The Morgan fingerprint density at radius 2 is 2.33 bits per heavy atom. The van der Waals surface area contributed by atoms with Gasteiger partial charge in [0.2, 0.25) is 5.91 Å². The summed E-state index contributed by atoms with van der Waals surface area (Å²) >= 11 is 1.55. The van der Waals surface area contributed by atoms with Crippen molar-refractivity contribution in [3.05, 3.63) is 23.5 Å². The molecule has 2 N–H and O–H groups in total. The molecule has 0 spiro atoms. The molecule has 1 aliphatic rings. The Kier molecular flexibility index (Phi) is 3.57. The number of amides is 4. The highest BCUT2D eigenvalue weighted by Gasteiger charge is 2.29. The average Bonchev–Trinajstić information content (AvgIpc) is 3.09. The maximum atomic E-state index is 11.7. The lowest BCUT2D eigenvalue weighted by molar-refractivity contribution is -0.130. The van der Waals surface area contributed by atoms with Crippen molar-refractivity contribution in [2.75, 3.05) is 19.6 Å². The quantitative estimate of drug-likeness (QED) is 0.735. The highest BCUT2D eigenvalue weighted by atomic mass is 32.1. The van der Waals surface area contributed by atoms with Gasteiger partial charge in [0, 0.05) is 30.7 Å². The van der Waals surface area contributed by atoms with E-state index in [1.807, 2.05) is 22.2 Å². The standard InChI is InChI=1S/C12H13N5O3S/c18-9(7-17-10(19)5-14-11(17)20)13-2-1-8-6-16-3-4-21-12(16)15-8/h3-4,6H,1-2,5,7H2,(H,13,18)(H,14,20). The predicted octanol–water partition coefficient (Wildman–Crippen LogP) is -0.394. The highest BCUT2D eigenvalue weighted by molar-refractivity contribution is 7.15. The number of carbonyl (C=O) groups excluding carboxylic acids is 3. The summed E-state index contributed by atoms with van der Waals surface area (Å²) in [5.74, 6) is -0.745. The zero-order valence-electron chi connectivity index (χ0n) is 11.0. The summed E-state index contributed by atoms with van der Waals surface area (Å²) in [4.78, 5) is 40.5. The summed E-state index contributed by atoms with van der Waals surface area (Å²) in [7, 11) is 0. The first-order chi connectivity index (χ1) is 10.1. The minimum atomic E-state index is -0.524. The maximum Gasteiger partial charge on any atom is 0.325 e. The Bertz CT molecular complexity index is 662. The molecule has 0 aliphatic carbocycles. The molecule has 3 rings (SSSR count). The first-order valence-electron chi connectivity index (χ1n) is 6.39. The van der Waals surface area contributed by atoms with Gasteiger partial charge in [0.05, 0.1) is 12.2 Å². The van der Waals surface area contributed by atoms with E-state index in [-0.39, 0.29) is 24.9 Å². The second-order valence-electron chi connectivity index (χ2n) is 4.56. The number of nitrogens with one attached hydrogen (secondary N) is 2. The van der Waals surface area contributed by atoms with Crippen LogP contribution in [-0.4, -0.2) is 51.8 Å². The van der Waals surface area contributed by atoms with E-state index in [1.54, 1.807) is 11.3 Å². The number of carbonyl (C=O) groups is 3. The molecule has 3 heterocycles. The molecule has 4 amide bonds. The van der Waals surface area contributed by atoms with E-state index in [2.05, 4.69) is 15.6 Å². The summed E-state index contributed by atoms with van der Waals surface area (Å²) in [6.07, 6.45) is 4.43. The van der Waals surface area contributed by atoms with Crippen LogP contribution in [0, 0.1) is 0 Å². The fourth-order valence-electron chi connectivity index (χ4n) is 2.04. The largest absolute Gasteiger partial charge is 0.354 e. The van der Waals surface area contributed by atoms with E-state index in [4.69, 9.17) is 0 Å². The predicted molar refractivity (Wildman–Crippen MR) is 74.9 cm³/mol. The van der Waals surface area contributed by atoms with Crippen LogP contribution < -0.4 is 10.6 Å². The molecule has 0 bridgehead atoms. The molecule has 110 valence electrons. The fourth-order valence-corrected chi connectivity index (χ4v) is 2.76. The van der Waals surface area contributed by atoms with Crippen LogP contribution in [0.1, 0.15) is 5.69 Å². The Balaban J connectivity index is 1.46. The SMILES string of the molecule is O=C(CN1C(=O)CNC1=O)NCCc1cn2ccsc2n1. The fraction of sp³-hybridized carbons (Fsp3) is 0.333. The molecule has 0 saturated carbocycles. The van der Waals surface area contributed by atoms with Crippen LogP contribution in [0.25, 0.3) is 4.96 Å². The summed E-state index contributed by atoms with van der Waals surface area (Å²) in [5, 5.41) is 6.99. The Hall–Kier alpha value is -2.42. The number of thiazole rings is 1. The van der Waals surface area contributed by atoms with E-state index in [9.17, 15) is 14.4 Å². The number of urea groups is 1. The van der Waals surface area contributed by atoms with Crippen LogP contribution in [0.15, 0.2) is 17.8 Å². The van der Waals surface area contributed by atoms with Crippen molar-refractivity contribution in [2.24, 2.45) is 0 Å². The van der Waals surface area contributed by atoms with E-state index in [1.165, 1.54) is 0 Å². The van der Waals surface area contributed by atoms with Gasteiger partial charge >= 0.3 is 6.03 Å². The van der Waals surface area contributed by atoms with E-state index in [0.717, 1.165) is 15.6 Å². The van der Waals surface area contributed by atoms with E-state index < -0.39 is 6.03 Å². The zero-order valence-corrected chi connectivity index (χ0v) is 11.9. The lowest BCUT2D eigenvalue weighted by atomic mass is 10.3. The van der Waals surface area contributed by atoms with Crippen LogP contribution in [-0.2, 0) is 16.0 Å². The molecular weight excluding hydrogens is 294 g/mol. The summed E-state index contributed by atoms with van der Waals surface area (Å²) in [5.41, 5.74) is 0.886. The first kappa shape index (κ1) is 13.6. The summed E-state index contributed by atoms with van der Waals surface area (Å²) < 4.78 is 1.93. The topological polar surface area (TPSA) is 95.8 Å². The first-order valence-corrected chi connectivity index (χ1v) is 7.27. The van der Waals surface area contributed by atoms with Gasteiger partial charge in [0.15, 0.2) is 4.96 Å². The van der Waals surface area contributed by atoms with Gasteiger partial charge in [-0.05, 0) is 0 Å². The number of fused-ring (bicyclic) bond motifs is 1. The van der Waals surface area contributed by atoms with Crippen molar-refractivity contribution >= 4 is 34.1 Å². The molecule has 8 nitrogen and oxygen atoms in total. The summed E-state index contributed by atoms with van der Waals surface area (Å²) in [6.45, 7) is 0.119. The summed E-state index contributed by atoms with van der Waals surface area (Å²) in [6, 6.07) is -0.524. The average molecular weight is 307 g/mol. The van der Waals surface area contributed by atoms with Crippen LogP contribution in [0.4, 0.5) is 4.79 Å². The lowest BCUT2D eigenvalue weighted by Gasteiger charge is -2.11. The van der Waals surface area contributed by atoms with E-state index >= 15 is 0 Å². The van der Waals surface area contributed by atoms with Crippen LogP contribution in [0.2, 0.25) is 0 Å². The zero-order chi connectivity index (χ0) is 14.8. The Morgan fingerprint density at radius 3 is 3.05 bits per heavy atom. The van der Waals surface area contributed by atoms with Crippen LogP contribution in [0.5, 0.6) is 0 Å². The second kappa shape index (κ2) is 5.52. The number of nitrogens with zero attached hydrogens (tertiary/aromatic N) is 3. The lowest BCUT2D eigenvalue weighted by Crippen LogP contribution is -2.41. The number of imidazole rings is 1. The number of hydrogen-bond acceptors (Lipinski definition) is 5. The van der Waals surface area contributed by atoms with Gasteiger partial charge in [-0.15, -0.1) is 11.3 Å². The molecule has 0 radical (unpaired) electrons. The molecule has 21 heavy (non-hydrogen) atoms. The smallest absolute Gasteiger partial charge is 0.325 e. The van der Waals surface area contributed by atoms with E-state index in [0.29, 0.717) is 13.0 Å². The number of hydrogen-bond donors (Lipinski definition) is 2. The molecule has 2 aromatic rings. The normalized spacial score (nSPS) is 14.8. The molecule has 0 aromatic carbocycles. The highest BCUT2D eigenvalue weighted by Crippen LogP contribution is 2.11. The Morgan fingerprint density at radius 1 is 1.48 bits per heavy atom. The van der Waals surface area contributed by atoms with Crippen molar-refractivity contribution in [2.45, 2.75) is 6.42 Å². The van der Waals surface area contributed by atoms with Gasteiger partial charge in [-0.3, -0.25) is 18.9 Å². The molecule has 0 unspecified atom stereocenters. The molecule has 9 heteroatoms. The maximum absolute atomic E-state index is 11.7. The van der Waals surface area contributed by atoms with Crippen LogP contribution >= 0.6 is 11.3 Å². The van der Waals surface area contributed by atoms with Crippen LogP contribution in [0.3, 0.4) is 0 Å². The van der Waals surface area contributed by atoms with Crippen molar-refractivity contribution in [3.8, 4) is 0 Å². The Labute approximate surface area is 123 Å². The third-order valence-corrected chi connectivity index (χ3v) is 3.86. The minimum absolute atomic E-state index is 0.0441. The van der Waals surface area contributed by atoms with Gasteiger partial charge in [0.25, 0.3) is 5.91 Å². The number of imide groups is 1. The third-order valence-electron chi connectivity index (χ3n) is 3.09. The van der Waals surface area contributed by atoms with Gasteiger partial charge < -0.3 is 10.6 Å². The molecule has 0 atom stereocenters. The minimum Gasteiger partial charge on any atom is -0.354 e. The molecular formula is C12H13N5O3S.